The molecular formula is C12H17NO. The minimum absolute atomic E-state index is 0.368. The van der Waals surface area contributed by atoms with E-state index in [-0.39, 0.29) is 0 Å². The summed E-state index contributed by atoms with van der Waals surface area (Å²) in [6, 6.07) is 8.17. The lowest BCUT2D eigenvalue weighted by molar-refractivity contribution is 0.470. The van der Waals surface area contributed by atoms with E-state index in [0.717, 1.165) is 6.54 Å². The number of nitrogens with one attached hydrogen (secondary N) is 1. The van der Waals surface area contributed by atoms with Crippen LogP contribution in [-0.4, -0.2) is 17.7 Å². The summed E-state index contributed by atoms with van der Waals surface area (Å²) in [6.07, 6.45) is 2.52. The highest BCUT2D eigenvalue weighted by Crippen LogP contribution is 2.26. The number of phenols is 1. The van der Waals surface area contributed by atoms with Gasteiger partial charge in [-0.3, -0.25) is 0 Å². The van der Waals surface area contributed by atoms with E-state index in [4.69, 9.17) is 0 Å². The van der Waals surface area contributed by atoms with Gasteiger partial charge in [-0.25, -0.2) is 0 Å². The second kappa shape index (κ2) is 4.01. The van der Waals surface area contributed by atoms with Crippen molar-refractivity contribution in [2.75, 3.05) is 6.54 Å². The van der Waals surface area contributed by atoms with Gasteiger partial charge in [0, 0.05) is 6.04 Å². The molecule has 1 saturated heterocycles. The molecule has 0 aliphatic carbocycles. The lowest BCUT2D eigenvalue weighted by Gasteiger charge is -2.19. The highest BCUT2D eigenvalue weighted by Gasteiger charge is 2.21. The maximum atomic E-state index is 9.38. The zero-order valence-corrected chi connectivity index (χ0v) is 8.53. The summed E-state index contributed by atoms with van der Waals surface area (Å²) in [5.74, 6) is 0.858. The van der Waals surface area contributed by atoms with E-state index in [9.17, 15) is 5.11 Å². The second-order valence-corrected chi connectivity index (χ2v) is 4.09. The number of aromatic hydroxyl groups is 1. The molecule has 1 aromatic carbocycles. The normalized spacial score (nSPS) is 23.6. The molecule has 1 fully saturated rings. The zero-order valence-electron chi connectivity index (χ0n) is 8.53. The first kappa shape index (κ1) is 9.53. The third kappa shape index (κ3) is 1.90. The van der Waals surface area contributed by atoms with Crippen LogP contribution in [0.1, 0.15) is 31.2 Å². The van der Waals surface area contributed by atoms with Crippen LogP contribution in [-0.2, 0) is 0 Å². The van der Waals surface area contributed by atoms with Gasteiger partial charge in [-0.05, 0) is 43.0 Å². The van der Waals surface area contributed by atoms with Crippen LogP contribution in [0.15, 0.2) is 24.3 Å². The highest BCUT2D eigenvalue weighted by molar-refractivity contribution is 5.30. The van der Waals surface area contributed by atoms with Crippen molar-refractivity contribution in [1.29, 1.82) is 0 Å². The van der Waals surface area contributed by atoms with E-state index in [1.807, 2.05) is 12.1 Å². The molecule has 0 amide bonds. The van der Waals surface area contributed by atoms with Gasteiger partial charge in [-0.15, -0.1) is 0 Å². The Balaban J connectivity index is 2.13. The van der Waals surface area contributed by atoms with Gasteiger partial charge in [0.2, 0.25) is 0 Å². The summed E-state index contributed by atoms with van der Waals surface area (Å²) in [4.78, 5) is 0. The maximum Gasteiger partial charge on any atom is 0.115 e. The summed E-state index contributed by atoms with van der Waals surface area (Å²) in [6.45, 7) is 3.35. The molecule has 14 heavy (non-hydrogen) atoms. The van der Waals surface area contributed by atoms with E-state index in [1.54, 1.807) is 6.07 Å². The number of benzene rings is 1. The largest absolute Gasteiger partial charge is 0.508 e. The first-order valence-electron chi connectivity index (χ1n) is 5.29. The minimum Gasteiger partial charge on any atom is -0.508 e. The monoisotopic (exact) mass is 191 g/mol. The smallest absolute Gasteiger partial charge is 0.115 e. The van der Waals surface area contributed by atoms with Gasteiger partial charge < -0.3 is 10.4 Å². The SMILES string of the molecule is CC(c1cccc(O)c1)C1CCCN1. The van der Waals surface area contributed by atoms with E-state index in [0.29, 0.717) is 17.7 Å². The standard InChI is InChI=1S/C12H17NO/c1-9(12-6-3-7-13-12)10-4-2-5-11(14)8-10/h2,4-5,8-9,12-14H,3,6-7H2,1H3. The summed E-state index contributed by atoms with van der Waals surface area (Å²) >= 11 is 0. The van der Waals surface area contributed by atoms with Crippen molar-refractivity contribution in [1.82, 2.24) is 5.32 Å². The second-order valence-electron chi connectivity index (χ2n) is 4.09. The third-order valence-electron chi connectivity index (χ3n) is 3.10. The van der Waals surface area contributed by atoms with E-state index < -0.39 is 0 Å². The molecule has 1 aliphatic rings. The topological polar surface area (TPSA) is 32.3 Å². The summed E-state index contributed by atoms with van der Waals surface area (Å²) in [7, 11) is 0. The summed E-state index contributed by atoms with van der Waals surface area (Å²) in [5.41, 5.74) is 1.23. The van der Waals surface area contributed by atoms with Crippen molar-refractivity contribution in [3.8, 4) is 5.75 Å². The van der Waals surface area contributed by atoms with Gasteiger partial charge in [0.15, 0.2) is 0 Å². The lowest BCUT2D eigenvalue weighted by atomic mass is 9.92. The molecule has 2 unspecified atom stereocenters. The quantitative estimate of drug-likeness (QED) is 0.751. The molecule has 2 rings (SSSR count). The third-order valence-corrected chi connectivity index (χ3v) is 3.10. The Morgan fingerprint density at radius 3 is 3.00 bits per heavy atom. The molecule has 2 atom stereocenters. The van der Waals surface area contributed by atoms with E-state index in [2.05, 4.69) is 18.3 Å². The Hall–Kier alpha value is -1.02. The van der Waals surface area contributed by atoms with Crippen molar-refractivity contribution in [3.05, 3.63) is 29.8 Å². The molecule has 0 aromatic heterocycles. The number of hydrogen-bond acceptors (Lipinski definition) is 2. The molecule has 76 valence electrons. The molecule has 2 heteroatoms. The van der Waals surface area contributed by atoms with Crippen LogP contribution >= 0.6 is 0 Å². The van der Waals surface area contributed by atoms with Crippen LogP contribution in [0.5, 0.6) is 5.75 Å². The van der Waals surface area contributed by atoms with E-state index in [1.165, 1.54) is 18.4 Å². The molecule has 0 radical (unpaired) electrons. The van der Waals surface area contributed by atoms with Crippen molar-refractivity contribution >= 4 is 0 Å². The molecule has 2 nitrogen and oxygen atoms in total. The maximum absolute atomic E-state index is 9.38. The predicted molar refractivity (Wildman–Crippen MR) is 57.5 cm³/mol. The minimum atomic E-state index is 0.368. The molecule has 2 N–H and O–H groups in total. The predicted octanol–water partition coefficient (Wildman–Crippen LogP) is 2.25. The Bertz CT molecular complexity index is 305. The molecule has 0 saturated carbocycles. The average Bonchev–Trinajstić information content (AvgIpc) is 2.69. The van der Waals surface area contributed by atoms with Crippen LogP contribution in [0, 0.1) is 0 Å². The first-order valence-corrected chi connectivity index (χ1v) is 5.29. The van der Waals surface area contributed by atoms with Crippen molar-refractivity contribution in [2.45, 2.75) is 31.7 Å². The van der Waals surface area contributed by atoms with Crippen molar-refractivity contribution in [2.24, 2.45) is 0 Å². The number of hydrogen-bond donors (Lipinski definition) is 2. The Labute approximate surface area is 85.0 Å². The van der Waals surface area contributed by atoms with Gasteiger partial charge in [0.1, 0.15) is 5.75 Å². The Morgan fingerprint density at radius 2 is 2.36 bits per heavy atom. The first-order chi connectivity index (χ1) is 6.77. The molecule has 0 spiro atoms. The summed E-state index contributed by atoms with van der Waals surface area (Å²) in [5, 5.41) is 12.9. The van der Waals surface area contributed by atoms with Gasteiger partial charge >= 0.3 is 0 Å². The molecular weight excluding hydrogens is 174 g/mol. The number of phenolic OH excluding ortho intramolecular Hbond substituents is 1. The average molecular weight is 191 g/mol. The van der Waals surface area contributed by atoms with Gasteiger partial charge in [-0.1, -0.05) is 19.1 Å². The van der Waals surface area contributed by atoms with Crippen LogP contribution in [0.25, 0.3) is 0 Å². The number of rotatable bonds is 2. The van der Waals surface area contributed by atoms with Crippen LogP contribution in [0.3, 0.4) is 0 Å². The van der Waals surface area contributed by atoms with Crippen LogP contribution in [0.2, 0.25) is 0 Å². The molecule has 1 heterocycles. The van der Waals surface area contributed by atoms with Crippen LogP contribution < -0.4 is 5.32 Å². The Morgan fingerprint density at radius 1 is 1.50 bits per heavy atom. The Kier molecular flexibility index (Phi) is 2.73. The molecule has 1 aromatic rings. The van der Waals surface area contributed by atoms with Gasteiger partial charge in [0.25, 0.3) is 0 Å². The van der Waals surface area contributed by atoms with Crippen molar-refractivity contribution < 1.29 is 5.11 Å². The van der Waals surface area contributed by atoms with Crippen LogP contribution in [0.4, 0.5) is 0 Å². The van der Waals surface area contributed by atoms with Gasteiger partial charge in [-0.2, -0.15) is 0 Å². The van der Waals surface area contributed by atoms with Crippen molar-refractivity contribution in [3.63, 3.8) is 0 Å². The van der Waals surface area contributed by atoms with E-state index >= 15 is 0 Å². The lowest BCUT2D eigenvalue weighted by Crippen LogP contribution is -2.27. The van der Waals surface area contributed by atoms with Gasteiger partial charge in [0.05, 0.1) is 0 Å². The highest BCUT2D eigenvalue weighted by atomic mass is 16.3. The molecule has 1 aliphatic heterocycles. The fourth-order valence-electron chi connectivity index (χ4n) is 2.18. The molecule has 0 bridgehead atoms. The fourth-order valence-corrected chi connectivity index (χ4v) is 2.18. The zero-order chi connectivity index (χ0) is 9.97. The summed E-state index contributed by atoms with van der Waals surface area (Å²) < 4.78 is 0. The fraction of sp³-hybridized carbons (Fsp3) is 0.500.